The fourth-order valence-electron chi connectivity index (χ4n) is 9.19. The van der Waals surface area contributed by atoms with Crippen LogP contribution in [0.5, 0.6) is 6.01 Å². The number of anilines is 2. The first-order valence-electron chi connectivity index (χ1n) is 19.2. The monoisotopic (exact) mass is 745 g/mol. The Morgan fingerprint density at radius 1 is 1.15 bits per heavy atom. The molecule has 3 N–H and O–H groups in total. The number of nitriles is 1. The number of thiophene rings is 1. The first kappa shape index (κ1) is 36.3. The lowest BCUT2D eigenvalue weighted by Crippen LogP contribution is -2.55. The highest BCUT2D eigenvalue weighted by molar-refractivity contribution is 7.17. The molecule has 3 aromatic rings. The molecule has 3 atom stereocenters. The van der Waals surface area contributed by atoms with Crippen LogP contribution in [0.2, 0.25) is 0 Å². The minimum absolute atomic E-state index is 0.0425. The highest BCUT2D eigenvalue weighted by atomic mass is 32.1. The van der Waals surface area contributed by atoms with Crippen molar-refractivity contribution in [1.29, 1.82) is 5.26 Å². The van der Waals surface area contributed by atoms with Crippen LogP contribution in [-0.2, 0) is 18.0 Å². The third kappa shape index (κ3) is 6.60. The van der Waals surface area contributed by atoms with Crippen LogP contribution < -0.4 is 15.4 Å². The number of nitrogens with zero attached hydrogens (tertiary/aromatic N) is 6. The van der Waals surface area contributed by atoms with Crippen molar-refractivity contribution >= 4 is 44.5 Å². The van der Waals surface area contributed by atoms with Crippen molar-refractivity contribution < 1.29 is 23.4 Å². The molecule has 1 saturated carbocycles. The molecule has 5 aliphatic rings. The van der Waals surface area contributed by atoms with E-state index in [0.717, 1.165) is 75.3 Å². The number of hydrogen-bond acceptors (Lipinski definition) is 11. The minimum Gasteiger partial charge on any atom is -0.463 e. The van der Waals surface area contributed by atoms with Gasteiger partial charge in [0, 0.05) is 54.8 Å². The number of β-amino-alcohol motifs (C(OH)–C–C–N with tert-alkyl or cyclic N) is 1. The van der Waals surface area contributed by atoms with Gasteiger partial charge >= 0.3 is 6.01 Å². The Morgan fingerprint density at radius 3 is 2.51 bits per heavy atom. The molecular formula is C40H49F2N7O3S. The molecule has 4 fully saturated rings. The first-order valence-corrected chi connectivity index (χ1v) is 20.0. The molecule has 8 rings (SSSR count). The van der Waals surface area contributed by atoms with Crippen molar-refractivity contribution in [1.82, 2.24) is 19.8 Å². The minimum atomic E-state index is -0.573. The maximum Gasteiger partial charge on any atom is 0.319 e. The summed E-state index contributed by atoms with van der Waals surface area (Å²) in [5.74, 6) is -0.441. The van der Waals surface area contributed by atoms with Crippen molar-refractivity contribution in [2.75, 3.05) is 56.5 Å². The second-order valence-corrected chi connectivity index (χ2v) is 16.7. The summed E-state index contributed by atoms with van der Waals surface area (Å²) in [5, 5.41) is 21.2. The number of piperazine rings is 1. The Kier molecular flexibility index (Phi) is 9.95. The second kappa shape index (κ2) is 14.5. The van der Waals surface area contributed by atoms with Gasteiger partial charge in [-0.3, -0.25) is 4.90 Å². The Hall–Kier alpha value is -3.67. The van der Waals surface area contributed by atoms with E-state index in [9.17, 15) is 10.4 Å². The number of halogens is 2. The predicted molar refractivity (Wildman–Crippen MR) is 204 cm³/mol. The third-order valence-corrected chi connectivity index (χ3v) is 12.8. The summed E-state index contributed by atoms with van der Waals surface area (Å²) < 4.78 is 45.9. The predicted octanol–water partition coefficient (Wildman–Crippen LogP) is 6.78. The van der Waals surface area contributed by atoms with E-state index in [2.05, 4.69) is 20.8 Å². The van der Waals surface area contributed by atoms with Crippen molar-refractivity contribution in [2.24, 2.45) is 5.41 Å². The molecule has 13 heteroatoms. The second-order valence-electron chi connectivity index (χ2n) is 15.6. The zero-order valence-corrected chi connectivity index (χ0v) is 31.7. The van der Waals surface area contributed by atoms with Gasteiger partial charge in [0.2, 0.25) is 0 Å². The molecule has 53 heavy (non-hydrogen) atoms. The van der Waals surface area contributed by atoms with Gasteiger partial charge in [0.25, 0.3) is 0 Å². The summed E-state index contributed by atoms with van der Waals surface area (Å²) in [6.45, 7) is 11.5. The van der Waals surface area contributed by atoms with Crippen molar-refractivity contribution in [3.63, 3.8) is 0 Å². The third-order valence-electron chi connectivity index (χ3n) is 11.8. The van der Waals surface area contributed by atoms with E-state index in [1.165, 1.54) is 18.9 Å². The molecule has 4 aliphatic heterocycles. The zero-order chi connectivity index (χ0) is 37.0. The molecule has 10 nitrogen and oxygen atoms in total. The number of hydrogen-bond donors (Lipinski definition) is 2. The average Bonchev–Trinajstić information content (AvgIpc) is 3.52. The molecule has 0 spiro atoms. The van der Waals surface area contributed by atoms with E-state index in [4.69, 9.17) is 25.2 Å². The number of benzene rings is 1. The van der Waals surface area contributed by atoms with E-state index < -0.39 is 17.7 Å². The standard InChI is InChI=1S/C40H49F2N7O3S/c1-4-8-26(32-27(15-43)37(44)53-36(32)30(41)5-2)31-28-19-51-20-29(28)33-35(34(31)42)45-39(52-22-40(11-12-40)21-47-13-6-7-14-47)46-38(33)49-24-9-10-25(49)18-48(17-24)16-23(3)50/h5,8,23-25,50H,4,6-7,9-14,16-22,44H2,1-3H3/b26-8+,30-5+. The van der Waals surface area contributed by atoms with Gasteiger partial charge in [0.1, 0.15) is 28.2 Å². The van der Waals surface area contributed by atoms with E-state index >= 15 is 8.78 Å². The Morgan fingerprint density at radius 2 is 1.87 bits per heavy atom. The molecule has 3 unspecified atom stereocenters. The van der Waals surface area contributed by atoms with Gasteiger partial charge in [-0.2, -0.15) is 15.2 Å². The maximum absolute atomic E-state index is 17.8. The lowest BCUT2D eigenvalue weighted by molar-refractivity contribution is 0.111. The number of aromatic nitrogens is 2. The van der Waals surface area contributed by atoms with Crippen molar-refractivity contribution in [3.8, 4) is 12.1 Å². The smallest absolute Gasteiger partial charge is 0.319 e. The Labute approximate surface area is 313 Å². The van der Waals surface area contributed by atoms with Crippen LogP contribution in [0.1, 0.15) is 98.4 Å². The molecular weight excluding hydrogens is 697 g/mol. The zero-order valence-electron chi connectivity index (χ0n) is 30.9. The maximum atomic E-state index is 17.8. The number of likely N-dealkylation sites (tertiary alicyclic amines) is 2. The number of aliphatic hydroxyl groups excluding tert-OH is 1. The van der Waals surface area contributed by atoms with Gasteiger partial charge < -0.3 is 30.1 Å². The van der Waals surface area contributed by atoms with Gasteiger partial charge in [0.15, 0.2) is 5.82 Å². The highest BCUT2D eigenvalue weighted by Crippen LogP contribution is 2.50. The average molecular weight is 746 g/mol. The molecule has 0 radical (unpaired) electrons. The molecule has 1 aliphatic carbocycles. The number of aliphatic hydroxyl groups is 1. The Bertz CT molecular complexity index is 2000. The SMILES string of the molecule is C/C=C(/F)c1sc(N)c(C#N)c1/C(=C/CC)c1c2c(c3c(N4C5CCC4CN(CC(C)O)C5)nc(OCC4(CN5CCCC5)CC4)nc3c1F)COC2. The molecule has 6 heterocycles. The normalized spacial score (nSPS) is 23.5. The van der Waals surface area contributed by atoms with Gasteiger partial charge in [-0.1, -0.05) is 19.1 Å². The molecule has 2 aromatic heterocycles. The summed E-state index contributed by atoms with van der Waals surface area (Å²) in [7, 11) is 0. The van der Waals surface area contributed by atoms with Crippen LogP contribution in [-0.4, -0.2) is 88.9 Å². The highest BCUT2D eigenvalue weighted by Gasteiger charge is 2.46. The van der Waals surface area contributed by atoms with E-state index in [1.807, 2.05) is 19.9 Å². The summed E-state index contributed by atoms with van der Waals surface area (Å²) >= 11 is 0.993. The van der Waals surface area contributed by atoms with Crippen LogP contribution in [0.4, 0.5) is 19.6 Å². The van der Waals surface area contributed by atoms with E-state index in [0.29, 0.717) is 41.9 Å². The number of nitrogen functional groups attached to an aromatic ring is 1. The summed E-state index contributed by atoms with van der Waals surface area (Å²) in [6, 6.07) is 2.57. The number of nitrogens with two attached hydrogens (primary N) is 1. The fraction of sp³-hybridized carbons (Fsp3) is 0.575. The quantitative estimate of drug-likeness (QED) is 0.205. The number of allylic oxidation sites excluding steroid dienone is 2. The summed E-state index contributed by atoms with van der Waals surface area (Å²) in [4.78, 5) is 17.4. The topological polar surface area (TPSA) is 124 Å². The fourth-order valence-corrected chi connectivity index (χ4v) is 10.2. The van der Waals surface area contributed by atoms with E-state index in [1.54, 1.807) is 6.92 Å². The lowest BCUT2D eigenvalue weighted by atomic mass is 9.87. The first-order chi connectivity index (χ1) is 25.6. The van der Waals surface area contributed by atoms with Crippen LogP contribution >= 0.6 is 11.3 Å². The van der Waals surface area contributed by atoms with Gasteiger partial charge in [-0.25, -0.2) is 8.78 Å². The van der Waals surface area contributed by atoms with E-state index in [-0.39, 0.29) is 68.8 Å². The van der Waals surface area contributed by atoms with Crippen LogP contribution in [0.3, 0.4) is 0 Å². The molecule has 282 valence electrons. The van der Waals surface area contributed by atoms with Gasteiger partial charge in [-0.05, 0) is 88.6 Å². The summed E-state index contributed by atoms with van der Waals surface area (Å²) in [6.07, 6.45) is 9.75. The van der Waals surface area contributed by atoms with Crippen LogP contribution in [0.25, 0.3) is 22.3 Å². The van der Waals surface area contributed by atoms with Crippen LogP contribution in [0.15, 0.2) is 12.2 Å². The van der Waals surface area contributed by atoms with Gasteiger partial charge in [-0.15, -0.1) is 11.3 Å². The van der Waals surface area contributed by atoms with Crippen molar-refractivity contribution in [3.05, 3.63) is 50.7 Å². The summed E-state index contributed by atoms with van der Waals surface area (Å²) in [5.41, 5.74) is 9.00. The Balaban J connectivity index is 1.30. The molecule has 1 aromatic carbocycles. The largest absolute Gasteiger partial charge is 0.463 e. The van der Waals surface area contributed by atoms with Gasteiger partial charge in [0.05, 0.1) is 41.8 Å². The van der Waals surface area contributed by atoms with Crippen molar-refractivity contribution in [2.45, 2.75) is 97.1 Å². The molecule has 2 bridgehead atoms. The number of fused-ring (bicyclic) bond motifs is 5. The lowest BCUT2D eigenvalue weighted by Gasteiger charge is -2.42. The number of ether oxygens (including phenoxy) is 2. The molecule has 0 amide bonds. The number of rotatable bonds is 12. The molecule has 3 saturated heterocycles. The van der Waals surface area contributed by atoms with Crippen LogP contribution in [0, 0.1) is 22.6 Å².